The summed E-state index contributed by atoms with van der Waals surface area (Å²) in [5, 5.41) is 4.90. The van der Waals surface area contributed by atoms with E-state index in [2.05, 4.69) is 17.0 Å². The van der Waals surface area contributed by atoms with Crippen LogP contribution in [0.25, 0.3) is 22.4 Å². The third-order valence-corrected chi connectivity index (χ3v) is 5.25. The normalized spacial score (nSPS) is 12.0. The maximum absolute atomic E-state index is 12.8. The molecule has 0 unspecified atom stereocenters. The Labute approximate surface area is 164 Å². The number of fused-ring (bicyclic) bond motifs is 1. The molecule has 27 heavy (non-hydrogen) atoms. The molecule has 0 saturated heterocycles. The highest BCUT2D eigenvalue weighted by Gasteiger charge is 2.14. The summed E-state index contributed by atoms with van der Waals surface area (Å²) in [5.74, 6) is 1.21. The van der Waals surface area contributed by atoms with E-state index < -0.39 is 0 Å². The molecule has 5 nitrogen and oxygen atoms in total. The minimum atomic E-state index is -0.203. The minimum absolute atomic E-state index is 0.203. The van der Waals surface area contributed by atoms with E-state index in [1.165, 1.54) is 15.9 Å². The zero-order valence-electron chi connectivity index (χ0n) is 14.6. The van der Waals surface area contributed by atoms with Crippen LogP contribution in [-0.2, 0) is 0 Å². The highest BCUT2D eigenvalue weighted by Crippen LogP contribution is 2.25. The van der Waals surface area contributed by atoms with Gasteiger partial charge in [-0.2, -0.15) is 9.50 Å². The average molecular weight is 398 g/mol. The number of rotatable bonds is 5. The number of hydrogen-bond acceptors (Lipinski definition) is 5. The second kappa shape index (κ2) is 7.50. The van der Waals surface area contributed by atoms with Gasteiger partial charge in [0, 0.05) is 11.1 Å². The quantitative estimate of drug-likeness (QED) is 0.514. The Balaban J connectivity index is 1.78. The van der Waals surface area contributed by atoms with Gasteiger partial charge in [-0.15, -0.1) is 5.10 Å². The maximum Gasteiger partial charge on any atom is 0.291 e. The Hall–Kier alpha value is -2.70. The molecule has 0 spiro atoms. The van der Waals surface area contributed by atoms with Gasteiger partial charge < -0.3 is 4.74 Å². The van der Waals surface area contributed by atoms with Crippen LogP contribution in [0.15, 0.2) is 53.3 Å². The zero-order chi connectivity index (χ0) is 18.8. The average Bonchev–Trinajstić information content (AvgIpc) is 3.21. The van der Waals surface area contributed by atoms with Gasteiger partial charge in [-0.05, 0) is 30.7 Å². The van der Waals surface area contributed by atoms with Crippen molar-refractivity contribution in [2.24, 2.45) is 0 Å². The molecule has 0 bridgehead atoms. The Morgan fingerprint density at radius 3 is 2.74 bits per heavy atom. The molecule has 2 aromatic carbocycles. The lowest BCUT2D eigenvalue weighted by atomic mass is 10.2. The molecule has 0 N–H and O–H groups in total. The van der Waals surface area contributed by atoms with E-state index in [0.717, 1.165) is 17.7 Å². The van der Waals surface area contributed by atoms with Crippen LogP contribution in [0.2, 0.25) is 5.02 Å². The summed E-state index contributed by atoms with van der Waals surface area (Å²) in [5.41, 5.74) is 1.36. The number of para-hydroxylation sites is 1. The first-order valence-electron chi connectivity index (χ1n) is 8.55. The van der Waals surface area contributed by atoms with Crippen LogP contribution in [0.1, 0.15) is 18.9 Å². The monoisotopic (exact) mass is 397 g/mol. The van der Waals surface area contributed by atoms with E-state index in [0.29, 0.717) is 32.5 Å². The largest absolute Gasteiger partial charge is 0.493 e. The van der Waals surface area contributed by atoms with Gasteiger partial charge in [0.15, 0.2) is 5.82 Å². The minimum Gasteiger partial charge on any atom is -0.493 e. The van der Waals surface area contributed by atoms with Gasteiger partial charge in [-0.1, -0.05) is 60.2 Å². The summed E-state index contributed by atoms with van der Waals surface area (Å²) in [6.45, 7) is 2.68. The van der Waals surface area contributed by atoms with Crippen molar-refractivity contribution in [2.45, 2.75) is 13.3 Å². The van der Waals surface area contributed by atoms with Crippen LogP contribution in [-0.4, -0.2) is 21.2 Å². The van der Waals surface area contributed by atoms with Crippen molar-refractivity contribution in [3.05, 3.63) is 74.0 Å². The van der Waals surface area contributed by atoms with E-state index in [9.17, 15) is 4.79 Å². The maximum atomic E-state index is 12.8. The van der Waals surface area contributed by atoms with Crippen molar-refractivity contribution >= 4 is 34.0 Å². The molecule has 0 atom stereocenters. The van der Waals surface area contributed by atoms with Gasteiger partial charge in [0.2, 0.25) is 4.96 Å². The number of ether oxygens (including phenoxy) is 1. The van der Waals surface area contributed by atoms with E-state index in [1.54, 1.807) is 6.07 Å². The van der Waals surface area contributed by atoms with E-state index in [-0.39, 0.29) is 5.56 Å². The number of halogens is 1. The Morgan fingerprint density at radius 2 is 1.96 bits per heavy atom. The van der Waals surface area contributed by atoms with Gasteiger partial charge >= 0.3 is 0 Å². The fraction of sp³-hybridized carbons (Fsp3) is 0.150. The number of benzene rings is 2. The highest BCUT2D eigenvalue weighted by molar-refractivity contribution is 7.15. The van der Waals surface area contributed by atoms with Crippen molar-refractivity contribution in [1.29, 1.82) is 0 Å². The lowest BCUT2D eigenvalue weighted by Gasteiger charge is -2.07. The van der Waals surface area contributed by atoms with Crippen LogP contribution in [0.3, 0.4) is 0 Å². The summed E-state index contributed by atoms with van der Waals surface area (Å²) in [6.07, 6.45) is 2.74. The zero-order valence-corrected chi connectivity index (χ0v) is 16.1. The van der Waals surface area contributed by atoms with Crippen molar-refractivity contribution in [3.63, 3.8) is 0 Å². The number of nitrogens with zero attached hydrogens (tertiary/aromatic N) is 3. The molecule has 4 aromatic rings. The van der Waals surface area contributed by atoms with Crippen LogP contribution < -0.4 is 14.8 Å². The Morgan fingerprint density at radius 1 is 1.19 bits per heavy atom. The predicted molar refractivity (Wildman–Crippen MR) is 109 cm³/mol. The van der Waals surface area contributed by atoms with Gasteiger partial charge in [-0.25, -0.2) is 0 Å². The molecular formula is C20H16ClN3O2S. The van der Waals surface area contributed by atoms with Crippen LogP contribution in [0, 0.1) is 0 Å². The van der Waals surface area contributed by atoms with Crippen LogP contribution in [0.4, 0.5) is 0 Å². The third-order valence-electron chi connectivity index (χ3n) is 3.96. The van der Waals surface area contributed by atoms with Crippen molar-refractivity contribution in [2.75, 3.05) is 6.61 Å². The molecule has 0 radical (unpaired) electrons. The highest BCUT2D eigenvalue weighted by atomic mass is 35.5. The van der Waals surface area contributed by atoms with Crippen molar-refractivity contribution in [3.8, 4) is 17.1 Å². The van der Waals surface area contributed by atoms with E-state index in [4.69, 9.17) is 16.3 Å². The second-order valence-electron chi connectivity index (χ2n) is 5.91. The predicted octanol–water partition coefficient (Wildman–Crippen LogP) is 3.81. The van der Waals surface area contributed by atoms with Crippen molar-refractivity contribution < 1.29 is 4.74 Å². The molecule has 0 saturated carbocycles. The summed E-state index contributed by atoms with van der Waals surface area (Å²) >= 11 is 7.50. The Bertz CT molecular complexity index is 1220. The first-order valence-corrected chi connectivity index (χ1v) is 9.75. The van der Waals surface area contributed by atoms with E-state index in [1.807, 2.05) is 48.5 Å². The fourth-order valence-corrected chi connectivity index (χ4v) is 3.79. The number of thiazole rings is 1. The lowest BCUT2D eigenvalue weighted by Crippen LogP contribution is -2.23. The first kappa shape index (κ1) is 17.7. The molecule has 2 aromatic heterocycles. The third kappa shape index (κ3) is 3.46. The van der Waals surface area contributed by atoms with Crippen LogP contribution in [0.5, 0.6) is 5.75 Å². The smallest absolute Gasteiger partial charge is 0.291 e. The molecule has 0 aliphatic carbocycles. The summed E-state index contributed by atoms with van der Waals surface area (Å²) < 4.78 is 7.65. The lowest BCUT2D eigenvalue weighted by molar-refractivity contribution is 0.317. The molecule has 4 rings (SSSR count). The molecule has 136 valence electrons. The summed E-state index contributed by atoms with van der Waals surface area (Å²) in [7, 11) is 0. The second-order valence-corrected chi connectivity index (χ2v) is 7.33. The molecule has 0 aliphatic heterocycles. The summed E-state index contributed by atoms with van der Waals surface area (Å²) in [4.78, 5) is 17.8. The van der Waals surface area contributed by atoms with E-state index >= 15 is 0 Å². The molecule has 7 heteroatoms. The van der Waals surface area contributed by atoms with Crippen molar-refractivity contribution in [1.82, 2.24) is 14.6 Å². The van der Waals surface area contributed by atoms with Crippen LogP contribution >= 0.6 is 22.9 Å². The topological polar surface area (TPSA) is 56.5 Å². The standard InChI is InChI=1S/C20H16ClN3O2S/c1-2-11-26-16-10-6-3-7-13(16)12-17-19(25)24-20(27-17)22-18(23-24)14-8-4-5-9-15(14)21/h3-10,12H,2,11H2,1H3. The van der Waals surface area contributed by atoms with Gasteiger partial charge in [0.1, 0.15) is 5.75 Å². The van der Waals surface area contributed by atoms with Gasteiger partial charge in [-0.3, -0.25) is 4.79 Å². The molecule has 2 heterocycles. The molecule has 0 aliphatic rings. The Kier molecular flexibility index (Phi) is 4.92. The number of aromatic nitrogens is 3. The molecule has 0 amide bonds. The summed E-state index contributed by atoms with van der Waals surface area (Å²) in [6, 6.07) is 15.0. The first-order chi connectivity index (χ1) is 13.2. The molecule has 0 fully saturated rings. The van der Waals surface area contributed by atoms with Gasteiger partial charge in [0.05, 0.1) is 16.2 Å². The van der Waals surface area contributed by atoms with Gasteiger partial charge in [0.25, 0.3) is 5.56 Å². The SMILES string of the molecule is CCCOc1ccccc1C=c1sc2nc(-c3ccccc3Cl)nn2c1=O. The number of hydrogen-bond donors (Lipinski definition) is 0. The fourth-order valence-electron chi connectivity index (χ4n) is 2.67. The molecular weight excluding hydrogens is 382 g/mol.